The zero-order chi connectivity index (χ0) is 25.8. The lowest BCUT2D eigenvalue weighted by Crippen LogP contribution is -2.09. The zero-order valence-electron chi connectivity index (χ0n) is 21.3. The van der Waals surface area contributed by atoms with Crippen molar-refractivity contribution in [1.82, 2.24) is 0 Å². The standard InChI is InChI=1S/C32H36OP2S2/c36-34(25-21-29-13-5-1-6-14-29,26-22-30-15-7-2-8-16-30)33-35(37,27-23-31-17-9-3-10-18-31)28-24-32-19-11-4-12-20-32/h1-20H,21-28H2. The molecule has 0 N–H and O–H groups in total. The van der Waals surface area contributed by atoms with Crippen LogP contribution in [0, 0.1) is 0 Å². The monoisotopic (exact) mass is 562 g/mol. The molecule has 0 saturated carbocycles. The van der Waals surface area contributed by atoms with Crippen LogP contribution in [0.3, 0.4) is 0 Å². The molecule has 0 aliphatic rings. The Morgan fingerprint density at radius 1 is 0.378 bits per heavy atom. The van der Waals surface area contributed by atoms with E-state index < -0.39 is 12.5 Å². The maximum atomic E-state index is 7.16. The average Bonchev–Trinajstić information content (AvgIpc) is 2.95. The molecule has 4 aromatic rings. The van der Waals surface area contributed by atoms with Crippen LogP contribution in [0.15, 0.2) is 121 Å². The van der Waals surface area contributed by atoms with E-state index in [4.69, 9.17) is 27.9 Å². The highest BCUT2D eigenvalue weighted by atomic mass is 32.5. The molecule has 4 aromatic carbocycles. The Labute approximate surface area is 233 Å². The summed E-state index contributed by atoms with van der Waals surface area (Å²) in [5, 5.41) is 0. The topological polar surface area (TPSA) is 9.23 Å². The van der Waals surface area contributed by atoms with Gasteiger partial charge in [0.1, 0.15) is 0 Å². The highest BCUT2D eigenvalue weighted by molar-refractivity contribution is 8.19. The van der Waals surface area contributed by atoms with Crippen molar-refractivity contribution >= 4 is 36.1 Å². The lowest BCUT2D eigenvalue weighted by atomic mass is 10.2. The van der Waals surface area contributed by atoms with Gasteiger partial charge in [0.25, 0.3) is 0 Å². The maximum absolute atomic E-state index is 7.16. The molecular formula is C32H36OP2S2. The van der Waals surface area contributed by atoms with Crippen LogP contribution in [0.5, 0.6) is 0 Å². The van der Waals surface area contributed by atoms with E-state index in [0.29, 0.717) is 0 Å². The van der Waals surface area contributed by atoms with Crippen molar-refractivity contribution < 1.29 is 4.31 Å². The molecule has 0 saturated heterocycles. The number of hydrogen-bond acceptors (Lipinski definition) is 3. The van der Waals surface area contributed by atoms with Crippen LogP contribution in [0.1, 0.15) is 22.3 Å². The van der Waals surface area contributed by atoms with Gasteiger partial charge in [-0.1, -0.05) is 145 Å². The minimum absolute atomic E-state index is 0.897. The molecule has 0 unspecified atom stereocenters. The van der Waals surface area contributed by atoms with Gasteiger partial charge in [0, 0.05) is 24.6 Å². The maximum Gasteiger partial charge on any atom is 0.0736 e. The Kier molecular flexibility index (Phi) is 10.9. The fraction of sp³-hybridized carbons (Fsp3) is 0.250. The number of hydrogen-bond donors (Lipinski definition) is 0. The van der Waals surface area contributed by atoms with E-state index in [2.05, 4.69) is 121 Å². The molecule has 192 valence electrons. The minimum atomic E-state index is -2.14. The number of benzene rings is 4. The Morgan fingerprint density at radius 2 is 0.595 bits per heavy atom. The molecule has 0 radical (unpaired) electrons. The first-order valence-corrected chi connectivity index (χ1v) is 19.2. The molecule has 37 heavy (non-hydrogen) atoms. The molecule has 0 aromatic heterocycles. The molecule has 0 atom stereocenters. The van der Waals surface area contributed by atoms with Crippen molar-refractivity contribution in [1.29, 1.82) is 0 Å². The van der Waals surface area contributed by atoms with E-state index in [0.717, 1.165) is 50.3 Å². The number of rotatable bonds is 14. The van der Waals surface area contributed by atoms with E-state index in [-0.39, 0.29) is 0 Å². The SMILES string of the molecule is S=P(CCc1ccccc1)(CCc1ccccc1)OP(=S)(CCc1ccccc1)CCc1ccccc1. The van der Waals surface area contributed by atoms with Gasteiger partial charge in [-0.25, -0.2) is 0 Å². The first-order valence-electron chi connectivity index (χ1n) is 13.1. The van der Waals surface area contributed by atoms with Crippen molar-refractivity contribution in [3.63, 3.8) is 0 Å². The average molecular weight is 563 g/mol. The highest BCUT2D eigenvalue weighted by Gasteiger charge is 2.28. The lowest BCUT2D eigenvalue weighted by molar-refractivity contribution is 0.662. The van der Waals surface area contributed by atoms with Crippen molar-refractivity contribution in [2.24, 2.45) is 0 Å². The molecule has 0 heterocycles. The van der Waals surface area contributed by atoms with Gasteiger partial charge in [-0.3, -0.25) is 0 Å². The van der Waals surface area contributed by atoms with Gasteiger partial charge in [0.2, 0.25) is 0 Å². The van der Waals surface area contributed by atoms with E-state index in [1.165, 1.54) is 22.3 Å². The Morgan fingerprint density at radius 3 is 0.811 bits per heavy atom. The van der Waals surface area contributed by atoms with E-state index >= 15 is 0 Å². The lowest BCUT2D eigenvalue weighted by Gasteiger charge is -2.32. The fourth-order valence-electron chi connectivity index (χ4n) is 4.43. The molecule has 4 rings (SSSR count). The summed E-state index contributed by atoms with van der Waals surface area (Å²) in [6, 6.07) is 42.6. The van der Waals surface area contributed by atoms with E-state index in [9.17, 15) is 0 Å². The summed E-state index contributed by atoms with van der Waals surface area (Å²) < 4.78 is 7.16. The smallest absolute Gasteiger partial charge is 0.0736 e. The van der Waals surface area contributed by atoms with E-state index in [1.54, 1.807) is 0 Å². The molecule has 0 aliphatic carbocycles. The van der Waals surface area contributed by atoms with Crippen LogP contribution in [-0.2, 0) is 53.6 Å². The van der Waals surface area contributed by atoms with Crippen LogP contribution in [-0.4, -0.2) is 24.6 Å². The highest BCUT2D eigenvalue weighted by Crippen LogP contribution is 2.64. The van der Waals surface area contributed by atoms with Crippen molar-refractivity contribution in [3.05, 3.63) is 144 Å². The number of aryl methyl sites for hydroxylation is 4. The molecule has 0 aliphatic heterocycles. The van der Waals surface area contributed by atoms with E-state index in [1.807, 2.05) is 0 Å². The molecule has 0 fully saturated rings. The summed E-state index contributed by atoms with van der Waals surface area (Å²) in [4.78, 5) is 0. The Hall–Kier alpha value is -1.86. The predicted octanol–water partition coefficient (Wildman–Crippen LogP) is 8.76. The van der Waals surface area contributed by atoms with Gasteiger partial charge in [-0.05, 0) is 47.9 Å². The minimum Gasteiger partial charge on any atom is -0.320 e. The summed E-state index contributed by atoms with van der Waals surface area (Å²) in [6.45, 7) is 0. The largest absolute Gasteiger partial charge is 0.320 e. The van der Waals surface area contributed by atoms with Gasteiger partial charge in [0.05, 0.1) is 12.5 Å². The predicted molar refractivity (Wildman–Crippen MR) is 170 cm³/mol. The van der Waals surface area contributed by atoms with Crippen molar-refractivity contribution in [2.45, 2.75) is 25.7 Å². The first kappa shape index (κ1) is 28.2. The quantitative estimate of drug-likeness (QED) is 0.142. The third kappa shape index (κ3) is 9.75. The van der Waals surface area contributed by atoms with Crippen LogP contribution in [0.2, 0.25) is 0 Å². The van der Waals surface area contributed by atoms with Crippen LogP contribution >= 0.6 is 12.5 Å². The van der Waals surface area contributed by atoms with Crippen LogP contribution in [0.25, 0.3) is 0 Å². The molecule has 5 heteroatoms. The third-order valence-electron chi connectivity index (χ3n) is 6.63. The second-order valence-corrected chi connectivity index (χ2v) is 19.2. The normalized spacial score (nSPS) is 11.9. The third-order valence-corrected chi connectivity index (χ3v) is 16.0. The fourth-order valence-corrected chi connectivity index (χ4v) is 14.5. The zero-order valence-corrected chi connectivity index (χ0v) is 24.7. The summed E-state index contributed by atoms with van der Waals surface area (Å²) in [6.07, 6.45) is 3.09. The summed E-state index contributed by atoms with van der Waals surface area (Å²) in [7, 11) is 0. The molecule has 1 nitrogen and oxygen atoms in total. The molecule has 0 spiro atoms. The van der Waals surface area contributed by atoms with Gasteiger partial charge >= 0.3 is 0 Å². The van der Waals surface area contributed by atoms with Crippen molar-refractivity contribution in [2.75, 3.05) is 24.6 Å². The first-order chi connectivity index (χ1) is 18.0. The Balaban J connectivity index is 1.54. The second kappa shape index (κ2) is 14.3. The van der Waals surface area contributed by atoms with Crippen molar-refractivity contribution in [3.8, 4) is 0 Å². The van der Waals surface area contributed by atoms with Gasteiger partial charge < -0.3 is 4.31 Å². The van der Waals surface area contributed by atoms with Gasteiger partial charge in [-0.15, -0.1) is 0 Å². The second-order valence-electron chi connectivity index (χ2n) is 9.55. The molecule has 0 bridgehead atoms. The summed E-state index contributed by atoms with van der Waals surface area (Å²) in [5.74, 6) is 0. The molecular weight excluding hydrogens is 526 g/mol. The molecule has 0 amide bonds. The summed E-state index contributed by atoms with van der Waals surface area (Å²) in [5.41, 5.74) is 5.28. The van der Waals surface area contributed by atoms with Crippen LogP contribution < -0.4 is 0 Å². The van der Waals surface area contributed by atoms with Gasteiger partial charge in [0.15, 0.2) is 0 Å². The van der Waals surface area contributed by atoms with Gasteiger partial charge in [-0.2, -0.15) is 0 Å². The van der Waals surface area contributed by atoms with Crippen LogP contribution in [0.4, 0.5) is 0 Å². The Bertz CT molecular complexity index is 1100. The summed E-state index contributed by atoms with van der Waals surface area (Å²) >= 11 is 12.9.